The molecule has 3 N–H and O–H groups in total. The van der Waals surface area contributed by atoms with Crippen molar-refractivity contribution in [2.24, 2.45) is 5.92 Å². The van der Waals surface area contributed by atoms with E-state index in [0.717, 1.165) is 0 Å². The number of aromatic carboxylic acids is 1. The number of anilines is 1. The van der Waals surface area contributed by atoms with Crippen LogP contribution >= 0.6 is 23.8 Å². The summed E-state index contributed by atoms with van der Waals surface area (Å²) in [6.45, 7) is 3.48. The van der Waals surface area contributed by atoms with Gasteiger partial charge in [-0.2, -0.15) is 0 Å². The normalized spacial score (nSPS) is 10.1. The molecule has 7 heteroatoms. The van der Waals surface area contributed by atoms with Gasteiger partial charge in [0, 0.05) is 11.6 Å². The van der Waals surface area contributed by atoms with Gasteiger partial charge in [0.1, 0.15) is 0 Å². The monoisotopic (exact) mass is 300 g/mol. The molecule has 1 aromatic rings. The second-order valence-electron chi connectivity index (χ2n) is 4.10. The van der Waals surface area contributed by atoms with Gasteiger partial charge in [-0.25, -0.2) is 4.79 Å². The van der Waals surface area contributed by atoms with Gasteiger partial charge in [0.2, 0.25) is 5.91 Å². The molecule has 0 saturated heterocycles. The van der Waals surface area contributed by atoms with E-state index in [2.05, 4.69) is 10.6 Å². The summed E-state index contributed by atoms with van der Waals surface area (Å²) in [7, 11) is 0. The molecular formula is C12H13ClN2O3S. The molecular weight excluding hydrogens is 288 g/mol. The lowest BCUT2D eigenvalue weighted by Gasteiger charge is -2.11. The highest BCUT2D eigenvalue weighted by Crippen LogP contribution is 2.20. The molecule has 1 rings (SSSR count). The van der Waals surface area contributed by atoms with Crippen molar-refractivity contribution in [2.75, 3.05) is 5.32 Å². The summed E-state index contributed by atoms with van der Waals surface area (Å²) >= 11 is 10.7. The molecule has 19 heavy (non-hydrogen) atoms. The van der Waals surface area contributed by atoms with Crippen molar-refractivity contribution in [3.63, 3.8) is 0 Å². The van der Waals surface area contributed by atoms with Crippen LogP contribution in [0.4, 0.5) is 5.69 Å². The third-order valence-corrected chi connectivity index (χ3v) is 2.75. The van der Waals surface area contributed by atoms with Gasteiger partial charge in [0.25, 0.3) is 0 Å². The Morgan fingerprint density at radius 3 is 2.53 bits per heavy atom. The Labute approximate surface area is 121 Å². The van der Waals surface area contributed by atoms with E-state index in [9.17, 15) is 9.59 Å². The van der Waals surface area contributed by atoms with Crippen molar-refractivity contribution in [3.8, 4) is 0 Å². The fourth-order valence-electron chi connectivity index (χ4n) is 1.19. The molecule has 5 nitrogen and oxygen atoms in total. The number of hydrogen-bond acceptors (Lipinski definition) is 3. The average Bonchev–Trinajstić information content (AvgIpc) is 2.30. The summed E-state index contributed by atoms with van der Waals surface area (Å²) in [6.07, 6.45) is 0. The van der Waals surface area contributed by atoms with Crippen LogP contribution in [0, 0.1) is 5.92 Å². The molecule has 1 amide bonds. The summed E-state index contributed by atoms with van der Waals surface area (Å²) < 4.78 is 0. The largest absolute Gasteiger partial charge is 0.478 e. The number of halogens is 1. The van der Waals surface area contributed by atoms with Crippen LogP contribution in [0.1, 0.15) is 24.2 Å². The van der Waals surface area contributed by atoms with Gasteiger partial charge >= 0.3 is 5.97 Å². The van der Waals surface area contributed by atoms with Crippen LogP contribution in [0.2, 0.25) is 5.02 Å². The topological polar surface area (TPSA) is 78.4 Å². The van der Waals surface area contributed by atoms with Crippen molar-refractivity contribution in [2.45, 2.75) is 13.8 Å². The molecule has 0 aliphatic rings. The van der Waals surface area contributed by atoms with E-state index in [1.165, 1.54) is 12.1 Å². The van der Waals surface area contributed by atoms with E-state index >= 15 is 0 Å². The van der Waals surface area contributed by atoms with E-state index in [1.807, 2.05) is 0 Å². The fourth-order valence-corrected chi connectivity index (χ4v) is 1.60. The predicted molar refractivity (Wildman–Crippen MR) is 77.6 cm³/mol. The second-order valence-corrected chi connectivity index (χ2v) is 4.91. The van der Waals surface area contributed by atoms with Gasteiger partial charge in [0.05, 0.1) is 10.6 Å². The van der Waals surface area contributed by atoms with E-state index in [1.54, 1.807) is 19.9 Å². The van der Waals surface area contributed by atoms with Crippen LogP contribution in [-0.2, 0) is 4.79 Å². The molecule has 0 aliphatic carbocycles. The van der Waals surface area contributed by atoms with Gasteiger partial charge < -0.3 is 15.7 Å². The molecule has 0 unspecified atom stereocenters. The van der Waals surface area contributed by atoms with Crippen molar-refractivity contribution in [3.05, 3.63) is 28.8 Å². The molecule has 0 aliphatic heterocycles. The Morgan fingerprint density at radius 2 is 2.00 bits per heavy atom. The Hall–Kier alpha value is -1.66. The maximum Gasteiger partial charge on any atom is 0.337 e. The maximum absolute atomic E-state index is 11.4. The predicted octanol–water partition coefficient (Wildman–Crippen LogP) is 2.51. The van der Waals surface area contributed by atoms with Crippen LogP contribution < -0.4 is 10.6 Å². The number of carboxylic acid groups (broad SMARTS) is 1. The number of carboxylic acids is 1. The number of hydrogen-bond donors (Lipinski definition) is 3. The third kappa shape index (κ3) is 4.50. The number of carbonyl (C=O) groups excluding carboxylic acids is 1. The Bertz CT molecular complexity index is 532. The van der Waals surface area contributed by atoms with E-state index in [-0.39, 0.29) is 27.5 Å². The fraction of sp³-hybridized carbons (Fsp3) is 0.250. The SMILES string of the molecule is CC(C)C(=O)NC(=S)Nc1ccc(Cl)c(C(=O)O)c1. The van der Waals surface area contributed by atoms with Crippen LogP contribution in [0.3, 0.4) is 0 Å². The number of carbonyl (C=O) groups is 2. The third-order valence-electron chi connectivity index (χ3n) is 2.22. The van der Waals surface area contributed by atoms with Gasteiger partial charge in [-0.1, -0.05) is 25.4 Å². The minimum absolute atomic E-state index is 0.0374. The van der Waals surface area contributed by atoms with Crippen molar-refractivity contribution in [1.82, 2.24) is 5.32 Å². The van der Waals surface area contributed by atoms with Gasteiger partial charge in [0.15, 0.2) is 5.11 Å². The zero-order chi connectivity index (χ0) is 14.6. The first kappa shape index (κ1) is 15.4. The molecule has 0 spiro atoms. The first-order valence-electron chi connectivity index (χ1n) is 5.46. The van der Waals surface area contributed by atoms with Gasteiger partial charge in [-0.3, -0.25) is 4.79 Å². The molecule has 102 valence electrons. The summed E-state index contributed by atoms with van der Waals surface area (Å²) in [5, 5.41) is 14.4. The summed E-state index contributed by atoms with van der Waals surface area (Å²) in [5.41, 5.74) is 0.403. The van der Waals surface area contributed by atoms with Crippen LogP contribution in [0.25, 0.3) is 0 Å². The highest BCUT2D eigenvalue weighted by atomic mass is 35.5. The minimum atomic E-state index is -1.13. The second kappa shape index (κ2) is 6.49. The molecule has 0 atom stereocenters. The number of nitrogens with one attached hydrogen (secondary N) is 2. The Kier molecular flexibility index (Phi) is 5.26. The lowest BCUT2D eigenvalue weighted by Crippen LogP contribution is -2.36. The van der Waals surface area contributed by atoms with Crippen LogP contribution in [-0.4, -0.2) is 22.1 Å². The van der Waals surface area contributed by atoms with E-state index < -0.39 is 5.97 Å². The molecule has 0 bridgehead atoms. The van der Waals surface area contributed by atoms with Crippen molar-refractivity contribution >= 4 is 46.5 Å². The Balaban J connectivity index is 2.78. The zero-order valence-corrected chi connectivity index (χ0v) is 11.9. The smallest absolute Gasteiger partial charge is 0.337 e. The molecule has 0 radical (unpaired) electrons. The molecule has 0 fully saturated rings. The lowest BCUT2D eigenvalue weighted by atomic mass is 10.2. The Morgan fingerprint density at radius 1 is 1.37 bits per heavy atom. The summed E-state index contributed by atoms with van der Waals surface area (Å²) in [6, 6.07) is 4.36. The molecule has 1 aromatic carbocycles. The van der Waals surface area contributed by atoms with Gasteiger partial charge in [-0.15, -0.1) is 0 Å². The first-order valence-corrected chi connectivity index (χ1v) is 6.24. The number of rotatable bonds is 3. The summed E-state index contributed by atoms with van der Waals surface area (Å²) in [5.74, 6) is -1.55. The number of benzene rings is 1. The van der Waals surface area contributed by atoms with Gasteiger partial charge in [-0.05, 0) is 30.4 Å². The summed E-state index contributed by atoms with van der Waals surface area (Å²) in [4.78, 5) is 22.3. The van der Waals surface area contributed by atoms with Crippen molar-refractivity contribution in [1.29, 1.82) is 0 Å². The zero-order valence-electron chi connectivity index (χ0n) is 10.4. The van der Waals surface area contributed by atoms with Crippen LogP contribution in [0.5, 0.6) is 0 Å². The van der Waals surface area contributed by atoms with E-state index in [0.29, 0.717) is 5.69 Å². The number of amides is 1. The quantitative estimate of drug-likeness (QED) is 0.748. The standard InChI is InChI=1S/C12H13ClN2O3S/c1-6(2)10(16)15-12(19)14-7-3-4-9(13)8(5-7)11(17)18/h3-6H,1-2H3,(H,17,18)(H2,14,15,16,19). The maximum atomic E-state index is 11.4. The molecule has 0 aromatic heterocycles. The van der Waals surface area contributed by atoms with E-state index in [4.69, 9.17) is 28.9 Å². The minimum Gasteiger partial charge on any atom is -0.478 e. The van der Waals surface area contributed by atoms with Crippen molar-refractivity contribution < 1.29 is 14.7 Å². The average molecular weight is 301 g/mol. The van der Waals surface area contributed by atoms with Crippen LogP contribution in [0.15, 0.2) is 18.2 Å². The lowest BCUT2D eigenvalue weighted by molar-refractivity contribution is -0.122. The molecule has 0 heterocycles. The highest BCUT2D eigenvalue weighted by molar-refractivity contribution is 7.80. The molecule has 0 saturated carbocycles. The highest BCUT2D eigenvalue weighted by Gasteiger charge is 2.12. The first-order chi connectivity index (χ1) is 8.81. The number of thiocarbonyl (C=S) groups is 1.